The average molecular weight is 843 g/mol. The van der Waals surface area contributed by atoms with Crippen LogP contribution in [-0.2, 0) is 24.6 Å². The van der Waals surface area contributed by atoms with Crippen molar-refractivity contribution in [2.75, 3.05) is 16.9 Å². The van der Waals surface area contributed by atoms with Crippen LogP contribution in [0.2, 0.25) is 5.02 Å². The molecule has 262 valence electrons. The molecule has 11 heteroatoms. The number of ether oxygens (including phenoxy) is 1. The maximum atomic E-state index is 15.5. The van der Waals surface area contributed by atoms with Gasteiger partial charge in [-0.2, -0.15) is 0 Å². The van der Waals surface area contributed by atoms with Crippen LogP contribution in [0.3, 0.4) is 0 Å². The number of methoxy groups -OCH3 is 1. The van der Waals surface area contributed by atoms with Crippen molar-refractivity contribution >= 4 is 84.5 Å². The highest BCUT2D eigenvalue weighted by Gasteiger charge is 2.70. The number of imide groups is 2. The first-order valence-corrected chi connectivity index (χ1v) is 18.8. The van der Waals surface area contributed by atoms with Crippen LogP contribution >= 0.6 is 43.5 Å². The maximum Gasteiger partial charge on any atom is 0.246 e. The van der Waals surface area contributed by atoms with Gasteiger partial charge in [-0.15, -0.1) is 0 Å². The Balaban J connectivity index is 1.38. The summed E-state index contributed by atoms with van der Waals surface area (Å²) in [6, 6.07) is 24.7. The summed E-state index contributed by atoms with van der Waals surface area (Å²) in [5.41, 5.74) is 2.15. The number of allylic oxidation sites excluding steroid dienone is 2. The van der Waals surface area contributed by atoms with Crippen LogP contribution in [0.15, 0.2) is 112 Å². The van der Waals surface area contributed by atoms with Crippen molar-refractivity contribution in [3.05, 3.63) is 134 Å². The molecule has 0 bridgehead atoms. The number of fused-ring (bicyclic) bond motifs is 4. The van der Waals surface area contributed by atoms with Crippen molar-refractivity contribution in [1.82, 2.24) is 0 Å². The monoisotopic (exact) mass is 840 g/mol. The first-order chi connectivity index (χ1) is 25.0. The van der Waals surface area contributed by atoms with Crippen LogP contribution in [0, 0.1) is 23.7 Å². The lowest BCUT2D eigenvalue weighted by atomic mass is 9.49. The predicted molar refractivity (Wildman–Crippen MR) is 205 cm³/mol. The van der Waals surface area contributed by atoms with Gasteiger partial charge in [0.25, 0.3) is 0 Å². The number of aromatic hydroxyl groups is 1. The lowest BCUT2D eigenvalue weighted by molar-refractivity contribution is -0.127. The summed E-state index contributed by atoms with van der Waals surface area (Å²) in [7, 11) is 1.44. The van der Waals surface area contributed by atoms with E-state index in [9.17, 15) is 19.5 Å². The lowest BCUT2D eigenvalue weighted by Crippen LogP contribution is -2.53. The fourth-order valence-corrected chi connectivity index (χ4v) is 10.2. The number of nitrogens with zero attached hydrogens (tertiary/aromatic N) is 2. The fraction of sp³-hybridized carbons (Fsp3) is 0.220. The van der Waals surface area contributed by atoms with E-state index in [1.54, 1.807) is 60.7 Å². The van der Waals surface area contributed by atoms with E-state index in [2.05, 4.69) is 38.4 Å². The van der Waals surface area contributed by atoms with Crippen LogP contribution in [0.5, 0.6) is 11.5 Å². The van der Waals surface area contributed by atoms with Gasteiger partial charge >= 0.3 is 0 Å². The molecule has 4 amide bonds. The number of halogens is 3. The first-order valence-electron chi connectivity index (χ1n) is 16.8. The molecule has 0 radical (unpaired) electrons. The largest absolute Gasteiger partial charge is 0.503 e. The number of carbonyl (C=O) groups excluding carboxylic acids is 4. The molecule has 8 rings (SSSR count). The zero-order valence-corrected chi connectivity index (χ0v) is 31.7. The zero-order chi connectivity index (χ0) is 36.6. The number of phenols is 1. The summed E-state index contributed by atoms with van der Waals surface area (Å²) in [5.74, 6) is -5.23. The minimum atomic E-state index is -1.49. The van der Waals surface area contributed by atoms with Gasteiger partial charge < -0.3 is 9.84 Å². The van der Waals surface area contributed by atoms with E-state index >= 15 is 4.79 Å². The van der Waals surface area contributed by atoms with E-state index in [1.807, 2.05) is 36.4 Å². The SMILES string of the molecule is C=Cc1ccc(N2C(=O)C3CC=C4C(CC5C(=O)N(c6cccc(Cl)c6)C(=O)C5(c5ccccc5)C4c4cc(OC)c(O)c(Br)c4Br)C3C2=O)cc1. The smallest absolute Gasteiger partial charge is 0.246 e. The molecular formula is C41H31Br2ClN2O6. The number of rotatable bonds is 6. The minimum absolute atomic E-state index is 0.141. The quantitative estimate of drug-likeness (QED) is 0.154. The molecule has 4 aromatic rings. The van der Waals surface area contributed by atoms with E-state index in [-0.39, 0.29) is 36.2 Å². The third-order valence-electron chi connectivity index (χ3n) is 11.3. The molecule has 8 nitrogen and oxygen atoms in total. The number of hydrogen-bond acceptors (Lipinski definition) is 6. The lowest BCUT2D eigenvalue weighted by Gasteiger charge is -2.51. The Morgan fingerprint density at radius 3 is 2.27 bits per heavy atom. The summed E-state index contributed by atoms with van der Waals surface area (Å²) >= 11 is 13.7. The van der Waals surface area contributed by atoms with E-state index in [0.29, 0.717) is 36.5 Å². The van der Waals surface area contributed by atoms with Crippen LogP contribution in [0.1, 0.15) is 35.4 Å². The normalized spacial score (nSPS) is 26.5. The molecule has 0 aromatic heterocycles. The third-order valence-corrected chi connectivity index (χ3v) is 13.7. The maximum absolute atomic E-state index is 15.5. The molecule has 52 heavy (non-hydrogen) atoms. The molecule has 2 saturated heterocycles. The van der Waals surface area contributed by atoms with Crippen molar-refractivity contribution < 1.29 is 29.0 Å². The highest BCUT2D eigenvalue weighted by Crippen LogP contribution is 2.66. The van der Waals surface area contributed by atoms with Gasteiger partial charge in [-0.25, -0.2) is 4.90 Å². The summed E-state index contributed by atoms with van der Waals surface area (Å²) < 4.78 is 6.39. The molecule has 6 atom stereocenters. The molecule has 2 aliphatic heterocycles. The Hall–Kier alpha value is -4.51. The summed E-state index contributed by atoms with van der Waals surface area (Å²) in [6.45, 7) is 3.80. The second kappa shape index (κ2) is 12.9. The topological polar surface area (TPSA) is 104 Å². The number of carbonyl (C=O) groups is 4. The van der Waals surface area contributed by atoms with Crippen LogP contribution in [0.25, 0.3) is 6.08 Å². The fourth-order valence-electron chi connectivity index (χ4n) is 9.08. The van der Waals surface area contributed by atoms with Crippen molar-refractivity contribution in [3.8, 4) is 11.5 Å². The third kappa shape index (κ3) is 4.83. The van der Waals surface area contributed by atoms with Crippen LogP contribution in [0.4, 0.5) is 11.4 Å². The van der Waals surface area contributed by atoms with Gasteiger partial charge in [-0.1, -0.05) is 84.4 Å². The van der Waals surface area contributed by atoms with Gasteiger partial charge in [0.1, 0.15) is 0 Å². The summed E-state index contributed by atoms with van der Waals surface area (Å²) in [4.78, 5) is 61.7. The van der Waals surface area contributed by atoms with Gasteiger partial charge in [-0.05, 0) is 104 Å². The average Bonchev–Trinajstić information content (AvgIpc) is 3.55. The van der Waals surface area contributed by atoms with Crippen LogP contribution in [-0.4, -0.2) is 35.8 Å². The first kappa shape index (κ1) is 34.6. The van der Waals surface area contributed by atoms with Crippen molar-refractivity contribution in [1.29, 1.82) is 0 Å². The van der Waals surface area contributed by atoms with Gasteiger partial charge in [0.15, 0.2) is 11.5 Å². The highest BCUT2D eigenvalue weighted by molar-refractivity contribution is 9.13. The van der Waals surface area contributed by atoms with Crippen molar-refractivity contribution in [2.45, 2.75) is 24.2 Å². The molecule has 2 aliphatic carbocycles. The van der Waals surface area contributed by atoms with Gasteiger partial charge in [0, 0.05) is 15.4 Å². The summed E-state index contributed by atoms with van der Waals surface area (Å²) in [6.07, 6.45) is 4.10. The van der Waals surface area contributed by atoms with E-state index in [0.717, 1.165) is 11.1 Å². The minimum Gasteiger partial charge on any atom is -0.503 e. The number of amides is 4. The number of anilines is 2. The van der Waals surface area contributed by atoms with E-state index < -0.39 is 46.8 Å². The van der Waals surface area contributed by atoms with Crippen molar-refractivity contribution in [2.24, 2.45) is 23.7 Å². The van der Waals surface area contributed by atoms with Gasteiger partial charge in [0.05, 0.1) is 46.1 Å². The molecule has 0 spiro atoms. The molecule has 1 saturated carbocycles. The van der Waals surface area contributed by atoms with Gasteiger partial charge in [0.2, 0.25) is 23.6 Å². The number of phenolic OH excluding ortho intramolecular Hbond substituents is 1. The van der Waals surface area contributed by atoms with Crippen molar-refractivity contribution in [3.63, 3.8) is 0 Å². The molecule has 4 aliphatic rings. The molecule has 4 aromatic carbocycles. The Kier molecular flexibility index (Phi) is 8.55. The summed E-state index contributed by atoms with van der Waals surface area (Å²) in [5, 5.41) is 11.4. The Morgan fingerprint density at radius 2 is 1.60 bits per heavy atom. The second-order valence-corrected chi connectivity index (χ2v) is 15.6. The molecule has 2 heterocycles. The Bertz CT molecular complexity index is 2240. The van der Waals surface area contributed by atoms with Crippen LogP contribution < -0.4 is 14.5 Å². The zero-order valence-electron chi connectivity index (χ0n) is 27.8. The van der Waals surface area contributed by atoms with E-state index in [4.69, 9.17) is 16.3 Å². The Morgan fingerprint density at radius 1 is 0.865 bits per heavy atom. The number of benzene rings is 4. The second-order valence-electron chi connectivity index (χ2n) is 13.5. The molecule has 3 fully saturated rings. The molecule has 1 N–H and O–H groups in total. The number of hydrogen-bond donors (Lipinski definition) is 1. The van der Waals surface area contributed by atoms with E-state index in [1.165, 1.54) is 16.9 Å². The molecular weight excluding hydrogens is 812 g/mol. The standard InChI is InChI=1S/C41H31Br2ClN2O6/c1-3-21-12-14-24(15-13-21)45-37(48)27-17-16-26-28(32(27)39(45)50)19-30-38(49)46(25-11-7-10-23(44)18-25)40(51)41(30,22-8-5-4-6-9-22)33(26)29-20-31(52-2)36(47)35(43)34(29)42/h3-16,18,20,27-28,30,32-33,47H,1,17,19H2,2H3. The Labute approximate surface area is 322 Å². The predicted octanol–water partition coefficient (Wildman–Crippen LogP) is 8.59. The van der Waals surface area contributed by atoms with Gasteiger partial charge in [-0.3, -0.25) is 24.1 Å². The molecule has 6 unspecified atom stereocenters. The highest BCUT2D eigenvalue weighted by atomic mass is 79.9.